The fourth-order valence-electron chi connectivity index (χ4n) is 5.74. The first-order valence-corrected chi connectivity index (χ1v) is 16.6. The summed E-state index contributed by atoms with van der Waals surface area (Å²) in [5.41, 5.74) is 0.998. The molecule has 0 radical (unpaired) electrons. The molecule has 0 fully saturated rings. The number of urea groups is 1. The van der Waals surface area contributed by atoms with Crippen molar-refractivity contribution in [2.75, 3.05) is 44.2 Å². The number of rotatable bonds is 8. The largest absolute Gasteiger partial charge is 0.486 e. The molecule has 0 aromatic heterocycles. The van der Waals surface area contributed by atoms with E-state index in [1.54, 1.807) is 42.2 Å². The Morgan fingerprint density at radius 1 is 1.00 bits per heavy atom. The van der Waals surface area contributed by atoms with Crippen LogP contribution in [0.15, 0.2) is 83.8 Å². The van der Waals surface area contributed by atoms with Crippen molar-refractivity contribution >= 4 is 44.1 Å². The van der Waals surface area contributed by atoms with E-state index in [1.807, 2.05) is 43.3 Å². The van der Waals surface area contributed by atoms with Crippen LogP contribution in [0, 0.1) is 5.92 Å². The molecule has 47 heavy (non-hydrogen) atoms. The SMILES string of the molecule is C[C@@H]1CN([C@@H](C)CO)C(=O)c2cccc(NC(=O)Nc3cccc4ccccc34)c2O[C@H]1CN(C)S(=O)(=O)c1ccc2c(c1)OCO2. The number of amides is 3. The minimum absolute atomic E-state index is 0.0132. The summed E-state index contributed by atoms with van der Waals surface area (Å²) in [6.45, 7) is 3.44. The predicted octanol–water partition coefficient (Wildman–Crippen LogP) is 4.75. The molecule has 3 amide bonds. The number of likely N-dealkylation sites (N-methyl/N-ethyl adjacent to an activating group) is 1. The number of aliphatic hydroxyl groups is 1. The summed E-state index contributed by atoms with van der Waals surface area (Å²) >= 11 is 0. The first kappa shape index (κ1) is 32.1. The van der Waals surface area contributed by atoms with Gasteiger partial charge in [0.1, 0.15) is 6.10 Å². The zero-order chi connectivity index (χ0) is 33.3. The molecular formula is C34H36N4O8S. The highest BCUT2D eigenvalue weighted by atomic mass is 32.2. The van der Waals surface area contributed by atoms with Gasteiger partial charge in [-0.3, -0.25) is 4.79 Å². The van der Waals surface area contributed by atoms with Gasteiger partial charge in [0, 0.05) is 31.0 Å². The molecule has 6 rings (SSSR count). The number of nitrogens with zero attached hydrogens (tertiary/aromatic N) is 2. The van der Waals surface area contributed by atoms with Crippen molar-refractivity contribution in [3.8, 4) is 17.2 Å². The quantitative estimate of drug-likeness (QED) is 0.245. The average Bonchev–Trinajstić information content (AvgIpc) is 3.54. The van der Waals surface area contributed by atoms with E-state index in [4.69, 9.17) is 14.2 Å². The number of carbonyl (C=O) groups is 2. The van der Waals surface area contributed by atoms with Gasteiger partial charge in [-0.15, -0.1) is 0 Å². The van der Waals surface area contributed by atoms with Crippen LogP contribution < -0.4 is 24.8 Å². The summed E-state index contributed by atoms with van der Waals surface area (Å²) < 4.78 is 45.8. The molecule has 0 bridgehead atoms. The Morgan fingerprint density at radius 3 is 2.51 bits per heavy atom. The number of aliphatic hydroxyl groups excluding tert-OH is 1. The number of fused-ring (bicyclic) bond motifs is 3. The minimum Gasteiger partial charge on any atom is -0.486 e. The number of carbonyl (C=O) groups excluding carboxylic acids is 2. The molecule has 0 saturated heterocycles. The van der Waals surface area contributed by atoms with Crippen molar-refractivity contribution in [3.05, 3.63) is 84.4 Å². The Labute approximate surface area is 272 Å². The Bertz CT molecular complexity index is 1930. The molecule has 4 aromatic rings. The van der Waals surface area contributed by atoms with Crippen LogP contribution in [0.5, 0.6) is 17.2 Å². The van der Waals surface area contributed by atoms with Gasteiger partial charge in [-0.25, -0.2) is 13.2 Å². The molecule has 0 unspecified atom stereocenters. The molecule has 13 heteroatoms. The van der Waals surface area contributed by atoms with Gasteiger partial charge in [-0.1, -0.05) is 49.4 Å². The van der Waals surface area contributed by atoms with Gasteiger partial charge in [0.15, 0.2) is 17.2 Å². The Kier molecular flexibility index (Phi) is 8.95. The predicted molar refractivity (Wildman–Crippen MR) is 177 cm³/mol. The number of sulfonamides is 1. The van der Waals surface area contributed by atoms with Crippen LogP contribution in [0.2, 0.25) is 0 Å². The van der Waals surface area contributed by atoms with Crippen LogP contribution in [-0.4, -0.2) is 80.4 Å². The monoisotopic (exact) mass is 660 g/mol. The van der Waals surface area contributed by atoms with E-state index >= 15 is 0 Å². The standard InChI is InChI=1S/C34H36N4O8S/c1-21-17-38(22(2)19-39)33(40)26-11-7-13-28(36-34(41)35-27-12-6-9-23-8-4-5-10-25(23)27)32(26)46-31(21)18-37(3)47(42,43)24-14-15-29-30(16-24)45-20-44-29/h4-16,21-22,31,39H,17-20H2,1-3H3,(H2,35,36,41)/t21-,22+,31+/m1/s1. The maximum Gasteiger partial charge on any atom is 0.323 e. The number of hydrogen-bond acceptors (Lipinski definition) is 8. The summed E-state index contributed by atoms with van der Waals surface area (Å²) in [5.74, 6) is 0.145. The van der Waals surface area contributed by atoms with E-state index in [1.165, 1.54) is 23.5 Å². The van der Waals surface area contributed by atoms with Crippen LogP contribution in [-0.2, 0) is 10.0 Å². The average molecular weight is 661 g/mol. The number of ether oxygens (including phenoxy) is 3. The van der Waals surface area contributed by atoms with E-state index in [9.17, 15) is 23.1 Å². The summed E-state index contributed by atoms with van der Waals surface area (Å²) in [6, 6.07) is 21.4. The van der Waals surface area contributed by atoms with Crippen molar-refractivity contribution in [1.82, 2.24) is 9.21 Å². The summed E-state index contributed by atoms with van der Waals surface area (Å²) in [7, 11) is -2.54. The second-order valence-electron chi connectivity index (χ2n) is 11.7. The molecule has 2 aliphatic heterocycles. The lowest BCUT2D eigenvalue weighted by atomic mass is 9.99. The van der Waals surface area contributed by atoms with Crippen LogP contribution in [0.1, 0.15) is 24.2 Å². The smallest absolute Gasteiger partial charge is 0.323 e. The van der Waals surface area contributed by atoms with Gasteiger partial charge in [0.25, 0.3) is 5.91 Å². The van der Waals surface area contributed by atoms with E-state index in [0.29, 0.717) is 17.2 Å². The van der Waals surface area contributed by atoms with Crippen molar-refractivity contribution in [2.45, 2.75) is 30.9 Å². The van der Waals surface area contributed by atoms with E-state index < -0.39 is 28.2 Å². The summed E-state index contributed by atoms with van der Waals surface area (Å²) in [4.78, 5) is 28.8. The molecule has 4 aromatic carbocycles. The normalized spacial score (nSPS) is 18.2. The highest BCUT2D eigenvalue weighted by Crippen LogP contribution is 2.37. The Hall–Kier alpha value is -4.85. The van der Waals surface area contributed by atoms with Gasteiger partial charge in [0.2, 0.25) is 16.8 Å². The minimum atomic E-state index is -3.99. The molecule has 0 saturated carbocycles. The van der Waals surface area contributed by atoms with E-state index in [2.05, 4.69) is 10.6 Å². The van der Waals surface area contributed by atoms with Crippen LogP contribution >= 0.6 is 0 Å². The third-order valence-electron chi connectivity index (χ3n) is 8.47. The van der Waals surface area contributed by atoms with Gasteiger partial charge < -0.3 is 34.9 Å². The van der Waals surface area contributed by atoms with Crippen molar-refractivity contribution in [1.29, 1.82) is 0 Å². The van der Waals surface area contributed by atoms with Crippen LogP contribution in [0.25, 0.3) is 10.8 Å². The zero-order valence-electron chi connectivity index (χ0n) is 26.2. The first-order chi connectivity index (χ1) is 22.6. The molecule has 2 aliphatic rings. The van der Waals surface area contributed by atoms with Gasteiger partial charge >= 0.3 is 6.03 Å². The Morgan fingerprint density at radius 2 is 1.70 bits per heavy atom. The van der Waals surface area contributed by atoms with Crippen molar-refractivity contribution in [2.24, 2.45) is 5.92 Å². The number of anilines is 2. The lowest BCUT2D eigenvalue weighted by Gasteiger charge is -2.38. The molecule has 0 spiro atoms. The molecule has 3 N–H and O–H groups in total. The highest BCUT2D eigenvalue weighted by Gasteiger charge is 2.36. The fourth-order valence-corrected chi connectivity index (χ4v) is 6.94. The third-order valence-corrected chi connectivity index (χ3v) is 10.3. The van der Waals surface area contributed by atoms with Crippen molar-refractivity contribution in [3.63, 3.8) is 0 Å². The van der Waals surface area contributed by atoms with Gasteiger partial charge in [-0.2, -0.15) is 4.31 Å². The zero-order valence-corrected chi connectivity index (χ0v) is 27.0. The molecule has 3 atom stereocenters. The second kappa shape index (κ2) is 13.1. The highest BCUT2D eigenvalue weighted by molar-refractivity contribution is 7.89. The number of hydrogen-bond donors (Lipinski definition) is 3. The summed E-state index contributed by atoms with van der Waals surface area (Å²) in [5, 5.41) is 17.5. The van der Waals surface area contributed by atoms with E-state index in [-0.39, 0.29) is 60.2 Å². The number of nitrogens with one attached hydrogen (secondary N) is 2. The van der Waals surface area contributed by atoms with Crippen LogP contribution in [0.4, 0.5) is 16.2 Å². The van der Waals surface area contributed by atoms with Crippen LogP contribution in [0.3, 0.4) is 0 Å². The lowest BCUT2D eigenvalue weighted by Crippen LogP contribution is -2.50. The maximum absolute atomic E-state index is 13.9. The van der Waals surface area contributed by atoms with Gasteiger partial charge in [0.05, 0.1) is 41.0 Å². The fraction of sp³-hybridized carbons (Fsp3) is 0.294. The Balaban J connectivity index is 1.31. The van der Waals surface area contributed by atoms with Crippen molar-refractivity contribution < 1.29 is 37.3 Å². The summed E-state index contributed by atoms with van der Waals surface area (Å²) in [6.07, 6.45) is -0.756. The molecule has 246 valence electrons. The molecule has 2 heterocycles. The van der Waals surface area contributed by atoms with Gasteiger partial charge in [-0.05, 0) is 42.6 Å². The number of para-hydroxylation sites is 1. The molecular weight excluding hydrogens is 624 g/mol. The maximum atomic E-state index is 13.9. The van der Waals surface area contributed by atoms with E-state index in [0.717, 1.165) is 10.8 Å². The topological polar surface area (TPSA) is 147 Å². The first-order valence-electron chi connectivity index (χ1n) is 15.2. The second-order valence-corrected chi connectivity index (χ2v) is 13.8. The molecule has 0 aliphatic carbocycles. The lowest BCUT2D eigenvalue weighted by molar-refractivity contribution is 0.0389. The third kappa shape index (κ3) is 6.42. The number of benzene rings is 4. The molecule has 12 nitrogen and oxygen atoms in total.